The Morgan fingerprint density at radius 3 is 2.93 bits per heavy atom. The Labute approximate surface area is 166 Å². The molecule has 29 heavy (non-hydrogen) atoms. The summed E-state index contributed by atoms with van der Waals surface area (Å²) < 4.78 is 8.13. The van der Waals surface area contributed by atoms with E-state index in [9.17, 15) is 9.59 Å². The molecule has 3 aliphatic rings. The summed E-state index contributed by atoms with van der Waals surface area (Å²) in [6, 6.07) is 13.2. The van der Waals surface area contributed by atoms with Crippen LogP contribution < -0.4 is 0 Å². The van der Waals surface area contributed by atoms with Gasteiger partial charge < -0.3 is 14.5 Å². The monoisotopic (exact) mass is 389 g/mol. The van der Waals surface area contributed by atoms with E-state index in [0.717, 1.165) is 5.56 Å². The number of fused-ring (bicyclic) bond motifs is 1. The zero-order chi connectivity index (χ0) is 19.6. The number of hydrogen-bond donors (Lipinski definition) is 0. The van der Waals surface area contributed by atoms with Crippen molar-refractivity contribution < 1.29 is 14.3 Å². The van der Waals surface area contributed by atoms with Crippen LogP contribution in [0.2, 0.25) is 0 Å². The number of pyridine rings is 1. The zero-order valence-corrected chi connectivity index (χ0v) is 15.6. The SMILES string of the molecule is O=C(c1ccn2ncnc2c1)N1CC[C@@]23O[C@@H](c4ccccc4)CN2C(=O)C[C@@H]13. The lowest BCUT2D eigenvalue weighted by atomic mass is 10.1. The summed E-state index contributed by atoms with van der Waals surface area (Å²) in [5.41, 5.74) is 1.51. The molecule has 3 fully saturated rings. The fourth-order valence-corrected chi connectivity index (χ4v) is 5.02. The van der Waals surface area contributed by atoms with Crippen LogP contribution in [0.15, 0.2) is 55.0 Å². The number of amides is 2. The third-order valence-electron chi connectivity index (χ3n) is 6.39. The van der Waals surface area contributed by atoms with Gasteiger partial charge in [0.15, 0.2) is 11.4 Å². The molecule has 2 aromatic heterocycles. The van der Waals surface area contributed by atoms with Gasteiger partial charge in [-0.1, -0.05) is 30.3 Å². The molecule has 1 aromatic carbocycles. The van der Waals surface area contributed by atoms with Gasteiger partial charge in [-0.25, -0.2) is 9.50 Å². The van der Waals surface area contributed by atoms with Gasteiger partial charge in [-0.3, -0.25) is 9.59 Å². The second-order valence-electron chi connectivity index (χ2n) is 7.81. The van der Waals surface area contributed by atoms with Crippen LogP contribution in [0.5, 0.6) is 0 Å². The maximum absolute atomic E-state index is 13.3. The number of hydrogen-bond acceptors (Lipinski definition) is 5. The lowest BCUT2D eigenvalue weighted by Crippen LogP contribution is -2.48. The highest BCUT2D eigenvalue weighted by atomic mass is 16.5. The van der Waals surface area contributed by atoms with Gasteiger partial charge in [0.1, 0.15) is 12.4 Å². The third-order valence-corrected chi connectivity index (χ3v) is 6.39. The van der Waals surface area contributed by atoms with Crippen LogP contribution in [-0.4, -0.2) is 61.1 Å². The molecule has 3 atom stereocenters. The maximum Gasteiger partial charge on any atom is 0.254 e. The first-order valence-electron chi connectivity index (χ1n) is 9.79. The van der Waals surface area contributed by atoms with Gasteiger partial charge in [0.05, 0.1) is 19.0 Å². The van der Waals surface area contributed by atoms with Crippen LogP contribution in [0.4, 0.5) is 0 Å². The predicted octanol–water partition coefficient (Wildman–Crippen LogP) is 1.64. The van der Waals surface area contributed by atoms with Gasteiger partial charge in [-0.15, -0.1) is 0 Å². The van der Waals surface area contributed by atoms with Gasteiger partial charge in [0.2, 0.25) is 5.91 Å². The number of aromatic nitrogens is 3. The standard InChI is InChI=1S/C21H19N5O3/c27-19-11-17-21(25(19)12-16(29-21)14-4-2-1-3-5-14)7-9-24(17)20(28)15-6-8-26-18(10-15)22-13-23-26/h1-6,8,10,13,16-17H,7,9,11-12H2/t16-,17-,21+/m1/s1. The van der Waals surface area contributed by atoms with Gasteiger partial charge in [0, 0.05) is 24.7 Å². The summed E-state index contributed by atoms with van der Waals surface area (Å²) in [7, 11) is 0. The first-order valence-corrected chi connectivity index (χ1v) is 9.79. The summed E-state index contributed by atoms with van der Waals surface area (Å²) in [6.07, 6.45) is 3.96. The number of ether oxygens (including phenoxy) is 1. The molecule has 0 bridgehead atoms. The van der Waals surface area contributed by atoms with Gasteiger partial charge >= 0.3 is 0 Å². The summed E-state index contributed by atoms with van der Waals surface area (Å²) in [4.78, 5) is 33.9. The van der Waals surface area contributed by atoms with E-state index in [-0.39, 0.29) is 24.0 Å². The van der Waals surface area contributed by atoms with Crippen molar-refractivity contribution in [2.24, 2.45) is 0 Å². The highest BCUT2D eigenvalue weighted by Gasteiger charge is 2.65. The lowest BCUT2D eigenvalue weighted by Gasteiger charge is -2.32. The molecule has 5 heterocycles. The fraction of sp³-hybridized carbons (Fsp3) is 0.333. The van der Waals surface area contributed by atoms with Crippen LogP contribution in [0.3, 0.4) is 0 Å². The Hall–Kier alpha value is -3.26. The minimum Gasteiger partial charge on any atom is -0.343 e. The van der Waals surface area contributed by atoms with Crippen LogP contribution in [-0.2, 0) is 9.53 Å². The van der Waals surface area contributed by atoms with Crippen LogP contribution in [0.25, 0.3) is 5.65 Å². The molecular formula is C21H19N5O3. The summed E-state index contributed by atoms with van der Waals surface area (Å²) in [5.74, 6) is -0.0439. The van der Waals surface area contributed by atoms with Crippen molar-refractivity contribution in [3.05, 3.63) is 66.1 Å². The number of carbonyl (C=O) groups is 2. The van der Waals surface area contributed by atoms with E-state index in [4.69, 9.17) is 4.74 Å². The lowest BCUT2D eigenvalue weighted by molar-refractivity contribution is -0.138. The third kappa shape index (κ3) is 2.29. The molecule has 146 valence electrons. The molecule has 8 heteroatoms. The molecule has 1 spiro atoms. The Morgan fingerprint density at radius 1 is 1.21 bits per heavy atom. The van der Waals surface area contributed by atoms with Gasteiger partial charge in [0.25, 0.3) is 5.91 Å². The van der Waals surface area contributed by atoms with E-state index in [0.29, 0.717) is 37.1 Å². The summed E-state index contributed by atoms with van der Waals surface area (Å²) in [5, 5.41) is 4.07. The van der Waals surface area contributed by atoms with E-state index >= 15 is 0 Å². The van der Waals surface area contributed by atoms with E-state index in [1.165, 1.54) is 6.33 Å². The Balaban J connectivity index is 1.31. The molecular weight excluding hydrogens is 370 g/mol. The number of rotatable bonds is 2. The number of benzene rings is 1. The molecule has 2 amide bonds. The molecule has 3 aromatic rings. The Morgan fingerprint density at radius 2 is 2.07 bits per heavy atom. The summed E-state index contributed by atoms with van der Waals surface area (Å²) in [6.45, 7) is 1.10. The molecule has 0 saturated carbocycles. The molecule has 3 aliphatic heterocycles. The largest absolute Gasteiger partial charge is 0.343 e. The quantitative estimate of drug-likeness (QED) is 0.666. The number of carbonyl (C=O) groups excluding carboxylic acids is 2. The number of nitrogens with zero attached hydrogens (tertiary/aromatic N) is 5. The first kappa shape index (κ1) is 16.7. The number of likely N-dealkylation sites (tertiary alicyclic amines) is 1. The smallest absolute Gasteiger partial charge is 0.254 e. The summed E-state index contributed by atoms with van der Waals surface area (Å²) >= 11 is 0. The molecule has 6 rings (SSSR count). The molecule has 0 aliphatic carbocycles. The van der Waals surface area contributed by atoms with Crippen molar-refractivity contribution in [1.29, 1.82) is 0 Å². The fourth-order valence-electron chi connectivity index (χ4n) is 5.02. The zero-order valence-electron chi connectivity index (χ0n) is 15.6. The van der Waals surface area contributed by atoms with Crippen molar-refractivity contribution >= 4 is 17.5 Å². The van der Waals surface area contributed by atoms with E-state index in [1.807, 2.05) is 35.2 Å². The second-order valence-corrected chi connectivity index (χ2v) is 7.81. The van der Waals surface area contributed by atoms with E-state index < -0.39 is 5.72 Å². The first-order chi connectivity index (χ1) is 14.2. The topological polar surface area (TPSA) is 80.0 Å². The molecule has 0 radical (unpaired) electrons. The van der Waals surface area contributed by atoms with Crippen molar-refractivity contribution in [2.45, 2.75) is 30.7 Å². The highest BCUT2D eigenvalue weighted by Crippen LogP contribution is 2.50. The normalized spacial score (nSPS) is 28.2. The Bertz CT molecular complexity index is 1130. The highest BCUT2D eigenvalue weighted by molar-refractivity contribution is 5.96. The molecule has 8 nitrogen and oxygen atoms in total. The van der Waals surface area contributed by atoms with E-state index in [1.54, 1.807) is 27.7 Å². The average molecular weight is 389 g/mol. The predicted molar refractivity (Wildman–Crippen MR) is 102 cm³/mol. The van der Waals surface area contributed by atoms with Crippen LogP contribution >= 0.6 is 0 Å². The van der Waals surface area contributed by atoms with Crippen molar-refractivity contribution in [1.82, 2.24) is 24.4 Å². The maximum atomic E-state index is 13.3. The van der Waals surface area contributed by atoms with Crippen LogP contribution in [0, 0.1) is 0 Å². The minimum absolute atomic E-state index is 0.0545. The van der Waals surface area contributed by atoms with E-state index in [2.05, 4.69) is 10.1 Å². The van der Waals surface area contributed by atoms with Gasteiger partial charge in [-0.2, -0.15) is 5.10 Å². The van der Waals surface area contributed by atoms with Crippen molar-refractivity contribution in [3.63, 3.8) is 0 Å². The molecule has 3 saturated heterocycles. The Kier molecular flexibility index (Phi) is 3.37. The van der Waals surface area contributed by atoms with Crippen LogP contribution in [0.1, 0.15) is 34.9 Å². The minimum atomic E-state index is -0.716. The molecule has 0 N–H and O–H groups in total. The molecule has 0 unspecified atom stereocenters. The van der Waals surface area contributed by atoms with Gasteiger partial charge in [-0.05, 0) is 17.7 Å². The second kappa shape index (κ2) is 5.87. The van der Waals surface area contributed by atoms with Crippen molar-refractivity contribution in [2.75, 3.05) is 13.1 Å². The average Bonchev–Trinajstić information content (AvgIpc) is 3.49. The van der Waals surface area contributed by atoms with Crippen molar-refractivity contribution in [3.8, 4) is 0 Å².